The molecule has 0 spiro atoms. The lowest BCUT2D eigenvalue weighted by Crippen LogP contribution is -2.27. The summed E-state index contributed by atoms with van der Waals surface area (Å²) in [6.07, 6.45) is 2.04. The molecule has 2 aromatic rings. The van der Waals surface area contributed by atoms with Crippen LogP contribution in [-0.2, 0) is 14.3 Å². The number of hydrogen-bond acceptors (Lipinski definition) is 7. The second kappa shape index (κ2) is 13.8. The summed E-state index contributed by atoms with van der Waals surface area (Å²) in [6, 6.07) is 13.6. The van der Waals surface area contributed by atoms with Crippen LogP contribution in [0.4, 0.5) is 0 Å². The number of methoxy groups -OCH3 is 2. The first kappa shape index (κ1) is 25.7. The minimum atomic E-state index is -0.509. The SMILES string of the molecule is COCCNC(=O)/C(C#N)=C/c1ccc(OC(=O)CCCOc2ccc(Cl)cc2)c(OC)c1. The Labute approximate surface area is 197 Å². The maximum atomic E-state index is 12.2. The van der Waals surface area contributed by atoms with Crippen LogP contribution < -0.4 is 19.5 Å². The molecule has 0 heterocycles. The standard InChI is InChI=1S/C24H25ClN2O6/c1-30-13-11-27-24(29)18(16-26)14-17-5-10-21(22(15-17)31-2)33-23(28)4-3-12-32-20-8-6-19(25)7-9-20/h5-10,14-15H,3-4,11-13H2,1-2H3,(H,27,29)/b18-14+. The van der Waals surface area contributed by atoms with Gasteiger partial charge in [-0.3, -0.25) is 9.59 Å². The van der Waals surface area contributed by atoms with Crippen LogP contribution in [0.25, 0.3) is 6.08 Å². The van der Waals surface area contributed by atoms with Crippen LogP contribution in [-0.4, -0.2) is 45.9 Å². The third kappa shape index (κ3) is 8.85. The Bertz CT molecular complexity index is 1010. The molecule has 0 aliphatic rings. The molecule has 0 bridgehead atoms. The lowest BCUT2D eigenvalue weighted by atomic mass is 10.1. The van der Waals surface area contributed by atoms with E-state index in [2.05, 4.69) is 5.32 Å². The molecule has 0 fully saturated rings. The van der Waals surface area contributed by atoms with E-state index in [1.165, 1.54) is 20.3 Å². The Kier molecular flexibility index (Phi) is 10.7. The predicted molar refractivity (Wildman–Crippen MR) is 123 cm³/mol. The van der Waals surface area contributed by atoms with Crippen molar-refractivity contribution in [2.45, 2.75) is 12.8 Å². The van der Waals surface area contributed by atoms with Crippen molar-refractivity contribution in [2.24, 2.45) is 0 Å². The van der Waals surface area contributed by atoms with E-state index in [9.17, 15) is 14.9 Å². The van der Waals surface area contributed by atoms with Gasteiger partial charge in [-0.2, -0.15) is 5.26 Å². The molecule has 0 saturated carbocycles. The minimum Gasteiger partial charge on any atom is -0.494 e. The maximum absolute atomic E-state index is 12.2. The molecule has 0 atom stereocenters. The molecule has 0 saturated heterocycles. The third-order valence-corrected chi connectivity index (χ3v) is 4.54. The van der Waals surface area contributed by atoms with E-state index in [-0.39, 0.29) is 24.3 Å². The molecule has 0 aromatic heterocycles. The van der Waals surface area contributed by atoms with Crippen LogP contribution in [0.3, 0.4) is 0 Å². The molecule has 2 aromatic carbocycles. The normalized spacial score (nSPS) is 10.8. The second-order valence-electron chi connectivity index (χ2n) is 6.71. The highest BCUT2D eigenvalue weighted by molar-refractivity contribution is 6.30. The molecule has 174 valence electrons. The Morgan fingerprint density at radius 3 is 2.52 bits per heavy atom. The summed E-state index contributed by atoms with van der Waals surface area (Å²) >= 11 is 5.83. The second-order valence-corrected chi connectivity index (χ2v) is 7.15. The quantitative estimate of drug-likeness (QED) is 0.165. The molecule has 2 rings (SSSR count). The summed E-state index contributed by atoms with van der Waals surface area (Å²) in [7, 11) is 2.95. The average Bonchev–Trinajstić information content (AvgIpc) is 2.82. The number of nitrogens with zero attached hydrogens (tertiary/aromatic N) is 1. The van der Waals surface area contributed by atoms with Crippen LogP contribution >= 0.6 is 11.6 Å². The summed E-state index contributed by atoms with van der Waals surface area (Å²) < 4.78 is 21.1. The van der Waals surface area contributed by atoms with Crippen LogP contribution in [0.15, 0.2) is 48.0 Å². The van der Waals surface area contributed by atoms with Crippen molar-refractivity contribution in [3.05, 3.63) is 58.6 Å². The van der Waals surface area contributed by atoms with E-state index < -0.39 is 11.9 Å². The first-order valence-corrected chi connectivity index (χ1v) is 10.5. The number of carbonyl (C=O) groups is 2. The minimum absolute atomic E-state index is 0.0708. The van der Waals surface area contributed by atoms with Gasteiger partial charge in [-0.05, 0) is 54.5 Å². The number of esters is 1. The van der Waals surface area contributed by atoms with Gasteiger partial charge in [0, 0.05) is 25.1 Å². The maximum Gasteiger partial charge on any atom is 0.311 e. The summed E-state index contributed by atoms with van der Waals surface area (Å²) in [6.45, 7) is 0.976. The summed E-state index contributed by atoms with van der Waals surface area (Å²) in [5, 5.41) is 12.5. The average molecular weight is 473 g/mol. The fourth-order valence-corrected chi connectivity index (χ4v) is 2.77. The molecule has 0 unspecified atom stereocenters. The molecule has 33 heavy (non-hydrogen) atoms. The van der Waals surface area contributed by atoms with E-state index in [0.29, 0.717) is 41.7 Å². The van der Waals surface area contributed by atoms with Crippen molar-refractivity contribution in [1.29, 1.82) is 5.26 Å². The molecular weight excluding hydrogens is 448 g/mol. The van der Waals surface area contributed by atoms with E-state index in [1.807, 2.05) is 6.07 Å². The molecule has 0 aliphatic carbocycles. The van der Waals surface area contributed by atoms with Gasteiger partial charge in [0.1, 0.15) is 17.4 Å². The predicted octanol–water partition coefficient (Wildman–Crippen LogP) is 3.78. The number of rotatable bonds is 12. The van der Waals surface area contributed by atoms with Gasteiger partial charge in [-0.1, -0.05) is 17.7 Å². The van der Waals surface area contributed by atoms with E-state index in [0.717, 1.165) is 0 Å². The Balaban J connectivity index is 1.92. The van der Waals surface area contributed by atoms with Crippen LogP contribution in [0.5, 0.6) is 17.2 Å². The number of benzene rings is 2. The highest BCUT2D eigenvalue weighted by atomic mass is 35.5. The summed E-state index contributed by atoms with van der Waals surface area (Å²) in [5.41, 5.74) is 0.472. The molecule has 9 heteroatoms. The molecule has 1 amide bonds. The van der Waals surface area contributed by atoms with Crippen LogP contribution in [0, 0.1) is 11.3 Å². The Morgan fingerprint density at radius 1 is 1.09 bits per heavy atom. The zero-order chi connectivity index (χ0) is 24.1. The third-order valence-electron chi connectivity index (χ3n) is 4.29. The fourth-order valence-electron chi connectivity index (χ4n) is 2.65. The van der Waals surface area contributed by atoms with Gasteiger partial charge in [-0.15, -0.1) is 0 Å². The summed E-state index contributed by atoms with van der Waals surface area (Å²) in [5.74, 6) is 0.256. The topological polar surface area (TPSA) is 107 Å². The zero-order valence-corrected chi connectivity index (χ0v) is 19.2. The first-order valence-electron chi connectivity index (χ1n) is 10.1. The van der Waals surface area contributed by atoms with Crippen LogP contribution in [0.2, 0.25) is 5.02 Å². The smallest absolute Gasteiger partial charge is 0.311 e. The number of carbonyl (C=O) groups excluding carboxylic acids is 2. The van der Waals surface area contributed by atoms with Gasteiger partial charge < -0.3 is 24.3 Å². The van der Waals surface area contributed by atoms with Crippen molar-refractivity contribution in [1.82, 2.24) is 5.32 Å². The molecule has 0 radical (unpaired) electrons. The van der Waals surface area contributed by atoms with Gasteiger partial charge in [0.2, 0.25) is 0 Å². The van der Waals surface area contributed by atoms with Crippen LogP contribution in [0.1, 0.15) is 18.4 Å². The molecule has 1 N–H and O–H groups in total. The summed E-state index contributed by atoms with van der Waals surface area (Å²) in [4.78, 5) is 24.3. The van der Waals surface area contributed by atoms with Gasteiger partial charge in [-0.25, -0.2) is 0 Å². The van der Waals surface area contributed by atoms with Crippen molar-refractivity contribution in [3.63, 3.8) is 0 Å². The van der Waals surface area contributed by atoms with Gasteiger partial charge in [0.05, 0.1) is 20.3 Å². The van der Waals surface area contributed by atoms with Gasteiger partial charge in [0.15, 0.2) is 11.5 Å². The van der Waals surface area contributed by atoms with Gasteiger partial charge in [0.25, 0.3) is 5.91 Å². The van der Waals surface area contributed by atoms with Crippen molar-refractivity contribution in [3.8, 4) is 23.3 Å². The number of halogens is 1. The molecule has 0 aliphatic heterocycles. The first-order chi connectivity index (χ1) is 16.0. The monoisotopic (exact) mass is 472 g/mol. The largest absolute Gasteiger partial charge is 0.494 e. The zero-order valence-electron chi connectivity index (χ0n) is 18.4. The van der Waals surface area contributed by atoms with Crippen molar-refractivity contribution in [2.75, 3.05) is 34.0 Å². The fraction of sp³-hybridized carbons (Fsp3) is 0.292. The van der Waals surface area contributed by atoms with E-state index >= 15 is 0 Å². The Hall–Kier alpha value is -3.54. The van der Waals surface area contributed by atoms with Crippen molar-refractivity contribution >= 4 is 29.6 Å². The van der Waals surface area contributed by atoms with Gasteiger partial charge >= 0.3 is 5.97 Å². The number of nitriles is 1. The van der Waals surface area contributed by atoms with Crippen molar-refractivity contribution < 1.29 is 28.5 Å². The highest BCUT2D eigenvalue weighted by Crippen LogP contribution is 2.29. The number of nitrogens with one attached hydrogen (secondary N) is 1. The number of hydrogen-bond donors (Lipinski definition) is 1. The number of amides is 1. The lowest BCUT2D eigenvalue weighted by Gasteiger charge is -2.11. The molecular formula is C24H25ClN2O6. The van der Waals surface area contributed by atoms with E-state index in [4.69, 9.17) is 30.5 Å². The Morgan fingerprint density at radius 2 is 1.85 bits per heavy atom. The molecule has 8 nitrogen and oxygen atoms in total. The van der Waals surface area contributed by atoms with E-state index in [1.54, 1.807) is 42.5 Å². The lowest BCUT2D eigenvalue weighted by molar-refractivity contribution is -0.134. The highest BCUT2D eigenvalue weighted by Gasteiger charge is 2.13. The number of ether oxygens (including phenoxy) is 4.